The van der Waals surface area contributed by atoms with Crippen LogP contribution in [0.5, 0.6) is 0 Å². The first-order chi connectivity index (χ1) is 18.0. The second-order valence-corrected chi connectivity index (χ2v) is 9.49. The molecule has 1 aromatic heterocycles. The Balaban J connectivity index is 1.43. The lowest BCUT2D eigenvalue weighted by atomic mass is 9.77. The number of allylic oxidation sites excluding steroid dienone is 5. The minimum atomic E-state index is -0.114. The highest BCUT2D eigenvalue weighted by Gasteiger charge is 2.25. The highest BCUT2D eigenvalue weighted by Crippen LogP contribution is 2.37. The average Bonchev–Trinajstić information content (AvgIpc) is 3.45. The third-order valence-corrected chi connectivity index (χ3v) is 7.20. The van der Waals surface area contributed by atoms with Crippen molar-refractivity contribution in [3.63, 3.8) is 0 Å². The van der Waals surface area contributed by atoms with Crippen molar-refractivity contribution in [2.45, 2.75) is 47.0 Å². The summed E-state index contributed by atoms with van der Waals surface area (Å²) >= 11 is 0. The van der Waals surface area contributed by atoms with Crippen molar-refractivity contribution < 1.29 is 4.42 Å². The first kappa shape index (κ1) is 26.2. The molecule has 4 rings (SSSR count). The molecule has 0 saturated heterocycles. The molecule has 1 heterocycles. The van der Waals surface area contributed by atoms with E-state index in [9.17, 15) is 0 Å². The number of benzene rings is 2. The van der Waals surface area contributed by atoms with Crippen molar-refractivity contribution in [2.75, 3.05) is 18.0 Å². The number of nitrogens with two attached hydrogens (primary N) is 1. The monoisotopic (exact) mass is 494 g/mol. The summed E-state index contributed by atoms with van der Waals surface area (Å²) in [6, 6.07) is 16.8. The minimum absolute atomic E-state index is 0.114. The molecule has 1 aliphatic carbocycles. The van der Waals surface area contributed by atoms with Crippen LogP contribution in [0, 0.1) is 5.41 Å². The van der Waals surface area contributed by atoms with Gasteiger partial charge >= 0.3 is 0 Å². The molecule has 0 radical (unpaired) electrons. The Morgan fingerprint density at radius 1 is 0.946 bits per heavy atom. The van der Waals surface area contributed by atoms with Crippen LogP contribution in [0.4, 0.5) is 5.69 Å². The van der Waals surface area contributed by atoms with Crippen LogP contribution >= 0.6 is 0 Å². The van der Waals surface area contributed by atoms with Gasteiger partial charge in [0.2, 0.25) is 5.89 Å². The van der Waals surface area contributed by atoms with Crippen LogP contribution in [0.3, 0.4) is 0 Å². The summed E-state index contributed by atoms with van der Waals surface area (Å²) in [6.07, 6.45) is 16.0. The maximum absolute atomic E-state index is 6.40. The van der Waals surface area contributed by atoms with E-state index in [1.165, 1.54) is 16.8 Å². The first-order valence-electron chi connectivity index (χ1n) is 13.3. The molecule has 2 aromatic carbocycles. The second-order valence-electron chi connectivity index (χ2n) is 9.49. The summed E-state index contributed by atoms with van der Waals surface area (Å²) in [6.45, 7) is 10.7. The number of anilines is 1. The van der Waals surface area contributed by atoms with Crippen molar-refractivity contribution in [1.29, 1.82) is 0 Å². The predicted molar refractivity (Wildman–Crippen MR) is 156 cm³/mol. The van der Waals surface area contributed by atoms with Gasteiger partial charge in [-0.15, -0.1) is 10.2 Å². The Morgan fingerprint density at radius 3 is 2.14 bits per heavy atom. The number of hydrogen-bond donors (Lipinski definition) is 1. The molecule has 1 aliphatic rings. The van der Waals surface area contributed by atoms with Crippen LogP contribution in [-0.2, 0) is 0 Å². The third kappa shape index (κ3) is 6.29. The third-order valence-electron chi connectivity index (χ3n) is 7.20. The zero-order valence-electron chi connectivity index (χ0n) is 22.4. The molecule has 2 N–H and O–H groups in total. The van der Waals surface area contributed by atoms with E-state index in [-0.39, 0.29) is 5.41 Å². The topological polar surface area (TPSA) is 68.2 Å². The van der Waals surface area contributed by atoms with Gasteiger partial charge in [-0.3, -0.25) is 0 Å². The van der Waals surface area contributed by atoms with E-state index in [1.54, 1.807) is 0 Å². The Labute approximate surface area is 221 Å². The molecule has 5 nitrogen and oxygen atoms in total. The standard InChI is InChI=1S/C32H38N4O/c1-5-24-19-21-32(6-2,22-20-24)23-29(33)31-35-34-30(37-31)27-15-11-25(12-16-27)9-10-26-13-17-28(18-14-26)36(7-3)8-4/h9-21,23H,5-8,22,33H2,1-4H3. The smallest absolute Gasteiger partial charge is 0.263 e. The van der Waals surface area contributed by atoms with Crippen molar-refractivity contribution in [2.24, 2.45) is 11.1 Å². The first-order valence-corrected chi connectivity index (χ1v) is 13.3. The summed E-state index contributed by atoms with van der Waals surface area (Å²) in [5, 5.41) is 8.46. The fourth-order valence-electron chi connectivity index (χ4n) is 4.61. The lowest BCUT2D eigenvalue weighted by Crippen LogP contribution is -2.21. The SMILES string of the molecule is CCC1=CCC(C=C(N)c2nnc(-c3ccc(C=Cc4ccc(N(CC)CC)cc4)cc3)o2)(CC)C=C1. The zero-order chi connectivity index (χ0) is 26.3. The summed E-state index contributed by atoms with van der Waals surface area (Å²) in [5.41, 5.74) is 12.6. The Kier molecular flexibility index (Phi) is 8.44. The lowest BCUT2D eigenvalue weighted by Gasteiger charge is -2.28. The van der Waals surface area contributed by atoms with E-state index in [2.05, 4.69) is 116 Å². The van der Waals surface area contributed by atoms with Crippen molar-refractivity contribution in [1.82, 2.24) is 10.2 Å². The van der Waals surface area contributed by atoms with Gasteiger partial charge in [-0.2, -0.15) is 0 Å². The van der Waals surface area contributed by atoms with Gasteiger partial charge in [0.15, 0.2) is 0 Å². The molecule has 0 aliphatic heterocycles. The number of rotatable bonds is 10. The van der Waals surface area contributed by atoms with Crippen LogP contribution < -0.4 is 10.6 Å². The van der Waals surface area contributed by atoms with Crippen molar-refractivity contribution in [3.05, 3.63) is 95.4 Å². The zero-order valence-corrected chi connectivity index (χ0v) is 22.4. The van der Waals surface area contributed by atoms with Gasteiger partial charge in [0.25, 0.3) is 5.89 Å². The largest absolute Gasteiger partial charge is 0.415 e. The van der Waals surface area contributed by atoms with E-state index in [4.69, 9.17) is 10.2 Å². The lowest BCUT2D eigenvalue weighted by molar-refractivity contribution is 0.471. The molecular formula is C32H38N4O. The molecule has 37 heavy (non-hydrogen) atoms. The van der Waals surface area contributed by atoms with E-state index >= 15 is 0 Å². The normalized spacial score (nSPS) is 17.8. The summed E-state index contributed by atoms with van der Waals surface area (Å²) in [4.78, 5) is 2.34. The predicted octanol–water partition coefficient (Wildman–Crippen LogP) is 7.75. The number of aromatic nitrogens is 2. The second kappa shape index (κ2) is 11.9. The number of hydrogen-bond acceptors (Lipinski definition) is 5. The van der Waals surface area contributed by atoms with Gasteiger partial charge in [-0.05, 0) is 74.6 Å². The molecule has 5 heteroatoms. The Hall–Kier alpha value is -3.86. The average molecular weight is 495 g/mol. The summed E-state index contributed by atoms with van der Waals surface area (Å²) in [5.74, 6) is 0.824. The molecule has 1 atom stereocenters. The Bertz CT molecular complexity index is 1290. The maximum atomic E-state index is 6.40. The molecule has 0 spiro atoms. The van der Waals surface area contributed by atoms with Crippen molar-refractivity contribution in [3.8, 4) is 11.5 Å². The molecule has 0 saturated carbocycles. The van der Waals surface area contributed by atoms with Crippen molar-refractivity contribution >= 4 is 23.5 Å². The Morgan fingerprint density at radius 2 is 1.59 bits per heavy atom. The fourth-order valence-corrected chi connectivity index (χ4v) is 4.61. The molecule has 0 amide bonds. The van der Waals surface area contributed by atoms with Gasteiger partial charge in [-0.25, -0.2) is 0 Å². The van der Waals surface area contributed by atoms with E-state index in [0.29, 0.717) is 17.5 Å². The van der Waals surface area contributed by atoms with Crippen LogP contribution in [-0.4, -0.2) is 23.3 Å². The maximum Gasteiger partial charge on any atom is 0.263 e. The highest BCUT2D eigenvalue weighted by atomic mass is 16.4. The van der Waals surface area contributed by atoms with E-state index < -0.39 is 0 Å². The summed E-state index contributed by atoms with van der Waals surface area (Å²) < 4.78 is 5.95. The molecule has 3 aromatic rings. The minimum Gasteiger partial charge on any atom is -0.415 e. The highest BCUT2D eigenvalue weighted by molar-refractivity contribution is 5.71. The van der Waals surface area contributed by atoms with Crippen LogP contribution in [0.25, 0.3) is 29.3 Å². The van der Waals surface area contributed by atoms with Gasteiger partial charge < -0.3 is 15.1 Å². The van der Waals surface area contributed by atoms with Crippen LogP contribution in [0.1, 0.15) is 64.0 Å². The van der Waals surface area contributed by atoms with E-state index in [0.717, 1.165) is 43.5 Å². The van der Waals surface area contributed by atoms with Gasteiger partial charge in [0, 0.05) is 29.8 Å². The van der Waals surface area contributed by atoms with E-state index in [1.807, 2.05) is 12.1 Å². The van der Waals surface area contributed by atoms with Gasteiger partial charge in [-0.1, -0.05) is 74.1 Å². The molecule has 0 fully saturated rings. The molecule has 192 valence electrons. The van der Waals surface area contributed by atoms with Gasteiger partial charge in [0.1, 0.15) is 0 Å². The quantitative estimate of drug-likeness (QED) is 0.292. The van der Waals surface area contributed by atoms with Gasteiger partial charge in [0.05, 0.1) is 5.70 Å². The summed E-state index contributed by atoms with van der Waals surface area (Å²) in [7, 11) is 0. The van der Waals surface area contributed by atoms with Crippen LogP contribution in [0.15, 0.2) is 82.8 Å². The molecule has 0 bridgehead atoms. The molecular weight excluding hydrogens is 456 g/mol. The number of nitrogens with zero attached hydrogens (tertiary/aromatic N) is 3. The van der Waals surface area contributed by atoms with Crippen LogP contribution in [0.2, 0.25) is 0 Å². The fraction of sp³-hybridized carbons (Fsp3) is 0.312. The molecule has 1 unspecified atom stereocenters.